The van der Waals surface area contributed by atoms with E-state index in [1.807, 2.05) is 26.0 Å². The maximum Gasteiger partial charge on any atom is 0.245 e. The minimum absolute atomic E-state index is 0.160. The van der Waals surface area contributed by atoms with Crippen LogP contribution >= 0.6 is 11.3 Å². The molecule has 1 N–H and O–H groups in total. The van der Waals surface area contributed by atoms with Crippen LogP contribution < -0.4 is 5.32 Å². The number of halogens is 1. The van der Waals surface area contributed by atoms with E-state index in [0.717, 1.165) is 27.4 Å². The molecular weight excluding hydrogens is 425 g/mol. The third-order valence-corrected chi connectivity index (χ3v) is 8.49. The Morgan fingerprint density at radius 1 is 1.13 bits per heavy atom. The number of amides is 1. The van der Waals surface area contributed by atoms with E-state index in [1.165, 1.54) is 33.8 Å². The third-order valence-electron chi connectivity index (χ3n) is 5.45. The number of anilines is 1. The van der Waals surface area contributed by atoms with E-state index in [4.69, 9.17) is 0 Å². The maximum absolute atomic E-state index is 14.0. The number of benzene rings is 2. The molecule has 0 aliphatic carbocycles. The zero-order valence-corrected chi connectivity index (χ0v) is 18.3. The largest absolute Gasteiger partial charge is 0.302 e. The first kappa shape index (κ1) is 20.9. The summed E-state index contributed by atoms with van der Waals surface area (Å²) < 4.78 is 41.7. The monoisotopic (exact) mass is 447 g/mol. The molecule has 9 heteroatoms. The second kappa shape index (κ2) is 8.05. The van der Waals surface area contributed by atoms with Gasteiger partial charge in [-0.15, -0.1) is 0 Å². The van der Waals surface area contributed by atoms with Crippen LogP contribution in [0.3, 0.4) is 0 Å². The second-order valence-electron chi connectivity index (χ2n) is 7.49. The summed E-state index contributed by atoms with van der Waals surface area (Å²) in [6, 6.07) is 9.39. The zero-order chi connectivity index (χ0) is 21.5. The van der Waals surface area contributed by atoms with Crippen LogP contribution in [0.1, 0.15) is 24.0 Å². The van der Waals surface area contributed by atoms with Crippen molar-refractivity contribution in [3.05, 3.63) is 53.3 Å². The van der Waals surface area contributed by atoms with E-state index in [2.05, 4.69) is 10.3 Å². The summed E-state index contributed by atoms with van der Waals surface area (Å²) in [5.41, 5.74) is 3.06. The highest BCUT2D eigenvalue weighted by atomic mass is 32.2. The van der Waals surface area contributed by atoms with Crippen LogP contribution in [0.5, 0.6) is 0 Å². The number of aryl methyl sites for hydroxylation is 2. The molecule has 1 aromatic heterocycles. The van der Waals surface area contributed by atoms with Crippen molar-refractivity contribution in [2.24, 2.45) is 5.92 Å². The highest BCUT2D eigenvalue weighted by Crippen LogP contribution is 2.32. The lowest BCUT2D eigenvalue weighted by Gasteiger charge is -2.30. The molecule has 0 unspecified atom stereocenters. The normalized spacial score (nSPS) is 16.1. The van der Waals surface area contributed by atoms with Crippen molar-refractivity contribution in [2.75, 3.05) is 18.4 Å². The number of rotatable bonds is 4. The maximum atomic E-state index is 14.0. The van der Waals surface area contributed by atoms with Crippen molar-refractivity contribution < 1.29 is 17.6 Å². The van der Waals surface area contributed by atoms with Crippen LogP contribution in [0.2, 0.25) is 0 Å². The molecule has 0 radical (unpaired) electrons. The third kappa shape index (κ3) is 3.84. The van der Waals surface area contributed by atoms with Gasteiger partial charge in [0.1, 0.15) is 10.7 Å². The van der Waals surface area contributed by atoms with Crippen LogP contribution in [0.25, 0.3) is 10.2 Å². The Kier molecular flexibility index (Phi) is 5.61. The molecule has 1 fully saturated rings. The van der Waals surface area contributed by atoms with Gasteiger partial charge in [-0.3, -0.25) is 4.79 Å². The highest BCUT2D eigenvalue weighted by molar-refractivity contribution is 7.89. The first-order valence-electron chi connectivity index (χ1n) is 9.69. The molecular formula is C21H22FN3O3S2. The first-order chi connectivity index (χ1) is 14.3. The van der Waals surface area contributed by atoms with Gasteiger partial charge in [0.15, 0.2) is 5.13 Å². The molecule has 3 aromatic rings. The fourth-order valence-electron chi connectivity index (χ4n) is 3.67. The van der Waals surface area contributed by atoms with E-state index in [1.54, 1.807) is 0 Å². The number of nitrogens with zero attached hydrogens (tertiary/aromatic N) is 2. The molecule has 30 heavy (non-hydrogen) atoms. The minimum atomic E-state index is -3.91. The molecule has 6 nitrogen and oxygen atoms in total. The van der Waals surface area contributed by atoms with Crippen LogP contribution in [-0.2, 0) is 14.8 Å². The van der Waals surface area contributed by atoms with Gasteiger partial charge in [-0.25, -0.2) is 17.8 Å². The molecule has 1 amide bonds. The molecule has 4 rings (SSSR count). The SMILES string of the molecule is Cc1ccc(C)c2sc(NC(=O)C3CCN(S(=O)(=O)c4ccccc4F)CC3)nc12. The van der Waals surface area contributed by atoms with Crippen LogP contribution in [-0.4, -0.2) is 36.7 Å². The van der Waals surface area contributed by atoms with E-state index in [0.29, 0.717) is 18.0 Å². The average Bonchev–Trinajstić information content (AvgIpc) is 3.16. The van der Waals surface area contributed by atoms with Gasteiger partial charge in [-0.05, 0) is 49.9 Å². The van der Waals surface area contributed by atoms with Crippen molar-refractivity contribution in [2.45, 2.75) is 31.6 Å². The number of hydrogen-bond acceptors (Lipinski definition) is 5. The molecule has 0 bridgehead atoms. The summed E-state index contributed by atoms with van der Waals surface area (Å²) in [4.78, 5) is 16.9. The summed E-state index contributed by atoms with van der Waals surface area (Å²) >= 11 is 1.44. The number of aromatic nitrogens is 1. The van der Waals surface area contributed by atoms with Gasteiger partial charge >= 0.3 is 0 Å². The van der Waals surface area contributed by atoms with Crippen LogP contribution in [0.15, 0.2) is 41.3 Å². The molecule has 158 valence electrons. The molecule has 1 aliphatic rings. The fraction of sp³-hybridized carbons (Fsp3) is 0.333. The highest BCUT2D eigenvalue weighted by Gasteiger charge is 2.33. The number of sulfonamides is 1. The molecule has 0 atom stereocenters. The summed E-state index contributed by atoms with van der Waals surface area (Å²) in [6.07, 6.45) is 0.755. The summed E-state index contributed by atoms with van der Waals surface area (Å²) in [5, 5.41) is 3.44. The Morgan fingerprint density at radius 2 is 1.80 bits per heavy atom. The molecule has 2 aromatic carbocycles. The van der Waals surface area contributed by atoms with Crippen molar-refractivity contribution in [1.29, 1.82) is 0 Å². The summed E-state index contributed by atoms with van der Waals surface area (Å²) in [5.74, 6) is -1.24. The van der Waals surface area contributed by atoms with Crippen molar-refractivity contribution in [3.8, 4) is 0 Å². The fourth-order valence-corrected chi connectivity index (χ4v) is 6.22. The van der Waals surface area contributed by atoms with Gasteiger partial charge in [0.2, 0.25) is 15.9 Å². The standard InChI is InChI=1S/C21H22FN3O3S2/c1-13-7-8-14(2)19-18(13)23-21(29-19)24-20(26)15-9-11-25(12-10-15)30(27,28)17-6-4-3-5-16(17)22/h3-8,15H,9-12H2,1-2H3,(H,23,24,26). The quantitative estimate of drug-likeness (QED) is 0.653. The lowest BCUT2D eigenvalue weighted by Crippen LogP contribution is -2.41. The number of fused-ring (bicyclic) bond motifs is 1. The summed E-state index contributed by atoms with van der Waals surface area (Å²) in [7, 11) is -3.91. The molecule has 1 aliphatic heterocycles. The predicted octanol–water partition coefficient (Wildman–Crippen LogP) is 4.09. The first-order valence-corrected chi connectivity index (χ1v) is 12.0. The lowest BCUT2D eigenvalue weighted by atomic mass is 9.97. The van der Waals surface area contributed by atoms with Gasteiger partial charge in [-0.2, -0.15) is 4.31 Å². The van der Waals surface area contributed by atoms with Gasteiger partial charge in [0, 0.05) is 19.0 Å². The van der Waals surface area contributed by atoms with Crippen molar-refractivity contribution >= 4 is 42.6 Å². The van der Waals surface area contributed by atoms with E-state index in [-0.39, 0.29) is 29.8 Å². The van der Waals surface area contributed by atoms with E-state index >= 15 is 0 Å². The van der Waals surface area contributed by atoms with E-state index < -0.39 is 15.8 Å². The van der Waals surface area contributed by atoms with Gasteiger partial charge in [-0.1, -0.05) is 35.6 Å². The molecule has 1 saturated heterocycles. The second-order valence-corrected chi connectivity index (χ2v) is 10.4. The van der Waals surface area contributed by atoms with E-state index in [9.17, 15) is 17.6 Å². The Labute approximate surface area is 178 Å². The summed E-state index contributed by atoms with van der Waals surface area (Å²) in [6.45, 7) is 4.34. The smallest absolute Gasteiger partial charge is 0.245 e. The topological polar surface area (TPSA) is 79.4 Å². The van der Waals surface area contributed by atoms with Crippen LogP contribution in [0.4, 0.5) is 9.52 Å². The number of thiazole rings is 1. The number of nitrogens with one attached hydrogen (secondary N) is 1. The van der Waals surface area contributed by atoms with Crippen LogP contribution in [0, 0.1) is 25.6 Å². The van der Waals surface area contributed by atoms with Crippen molar-refractivity contribution in [1.82, 2.24) is 9.29 Å². The number of carbonyl (C=O) groups excluding carboxylic acids is 1. The van der Waals surface area contributed by atoms with Gasteiger partial charge < -0.3 is 5.32 Å². The average molecular weight is 448 g/mol. The molecule has 2 heterocycles. The number of piperidine rings is 1. The zero-order valence-electron chi connectivity index (χ0n) is 16.7. The lowest BCUT2D eigenvalue weighted by molar-refractivity contribution is -0.120. The van der Waals surface area contributed by atoms with Gasteiger partial charge in [0.05, 0.1) is 10.2 Å². The number of hydrogen-bond donors (Lipinski definition) is 1. The minimum Gasteiger partial charge on any atom is -0.302 e. The van der Waals surface area contributed by atoms with Gasteiger partial charge in [0.25, 0.3) is 0 Å². The Hall–Kier alpha value is -2.36. The Bertz CT molecular complexity index is 1180. The van der Waals surface area contributed by atoms with Crippen molar-refractivity contribution in [3.63, 3.8) is 0 Å². The molecule has 0 spiro atoms. The Morgan fingerprint density at radius 3 is 2.47 bits per heavy atom. The molecule has 0 saturated carbocycles. The predicted molar refractivity (Wildman–Crippen MR) is 116 cm³/mol. The Balaban J connectivity index is 1.43. The number of carbonyl (C=O) groups is 1.